The van der Waals surface area contributed by atoms with Crippen LogP contribution < -0.4 is 5.56 Å². The van der Waals surface area contributed by atoms with E-state index >= 15 is 0 Å². The molecule has 1 amide bonds. The van der Waals surface area contributed by atoms with E-state index in [9.17, 15) is 9.59 Å². The van der Waals surface area contributed by atoms with Gasteiger partial charge >= 0.3 is 0 Å². The van der Waals surface area contributed by atoms with Crippen molar-refractivity contribution in [1.82, 2.24) is 14.4 Å². The Hall–Kier alpha value is -1.62. The zero-order valence-electron chi connectivity index (χ0n) is 11.8. The Morgan fingerprint density at radius 2 is 2.11 bits per heavy atom. The molecule has 104 valence electrons. The van der Waals surface area contributed by atoms with Gasteiger partial charge in [-0.15, -0.1) is 0 Å². The first kappa shape index (κ1) is 13.8. The molecular weight excluding hydrogens is 242 g/mol. The summed E-state index contributed by atoms with van der Waals surface area (Å²) < 4.78 is 1.47. The lowest BCUT2D eigenvalue weighted by atomic mass is 10.1. The number of carbonyl (C=O) groups is 1. The Bertz CT molecular complexity index is 524. The highest BCUT2D eigenvalue weighted by atomic mass is 16.2. The van der Waals surface area contributed by atoms with Gasteiger partial charge in [-0.3, -0.25) is 14.5 Å². The van der Waals surface area contributed by atoms with Crippen LogP contribution in [0.1, 0.15) is 23.7 Å². The van der Waals surface area contributed by atoms with Crippen molar-refractivity contribution in [3.63, 3.8) is 0 Å². The van der Waals surface area contributed by atoms with Gasteiger partial charge in [-0.25, -0.2) is 0 Å². The summed E-state index contributed by atoms with van der Waals surface area (Å²) in [4.78, 5) is 28.1. The molecule has 1 aliphatic rings. The number of carbonyl (C=O) groups excluding carboxylic acids is 1. The van der Waals surface area contributed by atoms with Gasteiger partial charge in [0.1, 0.15) is 0 Å². The van der Waals surface area contributed by atoms with Crippen LogP contribution in [0.25, 0.3) is 0 Å². The van der Waals surface area contributed by atoms with Crippen LogP contribution in [-0.2, 0) is 7.05 Å². The molecule has 2 rings (SSSR count). The maximum absolute atomic E-state index is 12.4. The zero-order valence-corrected chi connectivity index (χ0v) is 11.8. The van der Waals surface area contributed by atoms with E-state index in [0.29, 0.717) is 11.6 Å². The van der Waals surface area contributed by atoms with Crippen molar-refractivity contribution in [1.29, 1.82) is 0 Å². The molecule has 1 fully saturated rings. The summed E-state index contributed by atoms with van der Waals surface area (Å²) >= 11 is 0. The van der Waals surface area contributed by atoms with Crippen LogP contribution in [-0.4, -0.2) is 53.0 Å². The molecule has 0 aliphatic carbocycles. The summed E-state index contributed by atoms with van der Waals surface area (Å²) in [5, 5.41) is 0. The molecule has 1 aliphatic heterocycles. The van der Waals surface area contributed by atoms with E-state index in [1.165, 1.54) is 10.6 Å². The monoisotopic (exact) mass is 263 g/mol. The Kier molecular flexibility index (Phi) is 4.04. The van der Waals surface area contributed by atoms with Crippen LogP contribution in [0.4, 0.5) is 0 Å². The third kappa shape index (κ3) is 2.87. The van der Waals surface area contributed by atoms with Crippen LogP contribution in [0, 0.1) is 0 Å². The normalized spacial score (nSPS) is 20.6. The van der Waals surface area contributed by atoms with Gasteiger partial charge in [-0.05, 0) is 19.5 Å². The molecule has 5 heteroatoms. The molecule has 0 N–H and O–H groups in total. The number of hydrogen-bond acceptors (Lipinski definition) is 3. The smallest absolute Gasteiger partial charge is 0.254 e. The van der Waals surface area contributed by atoms with Crippen LogP contribution in [0.15, 0.2) is 23.1 Å². The van der Waals surface area contributed by atoms with E-state index in [4.69, 9.17) is 0 Å². The Balaban J connectivity index is 2.15. The van der Waals surface area contributed by atoms with Gasteiger partial charge in [0.15, 0.2) is 0 Å². The highest BCUT2D eigenvalue weighted by Gasteiger charge is 2.26. The highest BCUT2D eigenvalue weighted by molar-refractivity contribution is 5.94. The fourth-order valence-corrected chi connectivity index (χ4v) is 2.44. The summed E-state index contributed by atoms with van der Waals surface area (Å²) in [7, 11) is 3.77. The first-order chi connectivity index (χ1) is 9.02. The molecule has 0 bridgehead atoms. The van der Waals surface area contributed by atoms with Crippen molar-refractivity contribution < 1.29 is 4.79 Å². The van der Waals surface area contributed by atoms with E-state index in [0.717, 1.165) is 26.1 Å². The lowest BCUT2D eigenvalue weighted by Gasteiger charge is -2.39. The van der Waals surface area contributed by atoms with Gasteiger partial charge in [-0.1, -0.05) is 6.92 Å². The molecule has 1 aromatic rings. The number of aryl methyl sites for hydroxylation is 1. The third-order valence-corrected chi connectivity index (χ3v) is 3.89. The maximum atomic E-state index is 12.4. The van der Waals surface area contributed by atoms with E-state index in [1.807, 2.05) is 4.90 Å². The van der Waals surface area contributed by atoms with Crippen LogP contribution >= 0.6 is 0 Å². The topological polar surface area (TPSA) is 45.6 Å². The quantitative estimate of drug-likeness (QED) is 0.783. The fourth-order valence-electron chi connectivity index (χ4n) is 2.44. The Morgan fingerprint density at radius 3 is 2.74 bits per heavy atom. The molecular formula is C14H21N3O2. The lowest BCUT2D eigenvalue weighted by molar-refractivity contribution is 0.0541. The molecule has 5 nitrogen and oxygen atoms in total. The van der Waals surface area contributed by atoms with Crippen molar-refractivity contribution in [3.05, 3.63) is 34.2 Å². The van der Waals surface area contributed by atoms with Crippen molar-refractivity contribution in [3.8, 4) is 0 Å². The molecule has 0 aromatic carbocycles. The molecule has 1 atom stereocenters. The fraction of sp³-hybridized carbons (Fsp3) is 0.571. The summed E-state index contributed by atoms with van der Waals surface area (Å²) in [5.41, 5.74) is 0.342. The molecule has 0 spiro atoms. The molecule has 0 radical (unpaired) electrons. The molecule has 1 saturated heterocycles. The maximum Gasteiger partial charge on any atom is 0.254 e. The first-order valence-corrected chi connectivity index (χ1v) is 6.69. The Morgan fingerprint density at radius 1 is 1.37 bits per heavy atom. The average molecular weight is 263 g/mol. The number of pyridine rings is 1. The van der Waals surface area contributed by atoms with E-state index < -0.39 is 0 Å². The van der Waals surface area contributed by atoms with Gasteiger partial charge in [0, 0.05) is 50.6 Å². The highest BCUT2D eigenvalue weighted by Crippen LogP contribution is 2.13. The van der Waals surface area contributed by atoms with Gasteiger partial charge in [0.2, 0.25) is 0 Å². The number of rotatable bonds is 2. The van der Waals surface area contributed by atoms with Gasteiger partial charge < -0.3 is 9.47 Å². The minimum absolute atomic E-state index is 0.0377. The molecule has 1 aromatic heterocycles. The molecule has 2 heterocycles. The van der Waals surface area contributed by atoms with E-state index in [2.05, 4.69) is 18.9 Å². The zero-order chi connectivity index (χ0) is 14.0. The largest absolute Gasteiger partial charge is 0.336 e. The third-order valence-electron chi connectivity index (χ3n) is 3.89. The van der Waals surface area contributed by atoms with E-state index in [-0.39, 0.29) is 11.5 Å². The van der Waals surface area contributed by atoms with Crippen molar-refractivity contribution in [2.24, 2.45) is 7.05 Å². The number of piperazine rings is 1. The van der Waals surface area contributed by atoms with Crippen LogP contribution in [0.2, 0.25) is 0 Å². The molecule has 0 saturated carbocycles. The number of aromatic nitrogens is 1. The second-order valence-corrected chi connectivity index (χ2v) is 5.16. The summed E-state index contributed by atoms with van der Waals surface area (Å²) in [6, 6.07) is 3.54. The van der Waals surface area contributed by atoms with E-state index in [1.54, 1.807) is 19.3 Å². The van der Waals surface area contributed by atoms with Crippen molar-refractivity contribution >= 4 is 5.91 Å². The van der Waals surface area contributed by atoms with Crippen LogP contribution in [0.3, 0.4) is 0 Å². The second kappa shape index (κ2) is 5.57. The summed E-state index contributed by atoms with van der Waals surface area (Å²) in [6.07, 6.45) is 2.67. The molecule has 19 heavy (non-hydrogen) atoms. The lowest BCUT2D eigenvalue weighted by Crippen LogP contribution is -2.53. The minimum atomic E-state index is -0.146. The predicted octanol–water partition coefficient (Wildman–Crippen LogP) is 0.552. The summed E-state index contributed by atoms with van der Waals surface area (Å²) in [6.45, 7) is 4.48. The SMILES string of the molecule is CCC1CN(C(=O)c2ccn(C)c(=O)c2)CCN1C. The number of hydrogen-bond donors (Lipinski definition) is 0. The van der Waals surface area contributed by atoms with Gasteiger partial charge in [-0.2, -0.15) is 0 Å². The number of nitrogens with zero attached hydrogens (tertiary/aromatic N) is 3. The van der Waals surface area contributed by atoms with Crippen molar-refractivity contribution in [2.45, 2.75) is 19.4 Å². The molecule has 1 unspecified atom stereocenters. The van der Waals surface area contributed by atoms with Crippen molar-refractivity contribution in [2.75, 3.05) is 26.7 Å². The minimum Gasteiger partial charge on any atom is -0.336 e. The van der Waals surface area contributed by atoms with Gasteiger partial charge in [0.05, 0.1) is 0 Å². The first-order valence-electron chi connectivity index (χ1n) is 6.69. The number of amides is 1. The average Bonchev–Trinajstić information content (AvgIpc) is 2.41. The summed E-state index contributed by atoms with van der Waals surface area (Å²) in [5.74, 6) is -0.0377. The Labute approximate surface area is 113 Å². The standard InChI is InChI=1S/C14H21N3O2/c1-4-12-10-17(8-7-15(12)2)14(19)11-5-6-16(3)13(18)9-11/h5-6,9,12H,4,7-8,10H2,1-3H3. The van der Waals surface area contributed by atoms with Gasteiger partial charge in [0.25, 0.3) is 11.5 Å². The predicted molar refractivity (Wildman–Crippen MR) is 74.3 cm³/mol. The second-order valence-electron chi connectivity index (χ2n) is 5.16. The van der Waals surface area contributed by atoms with Crippen LogP contribution in [0.5, 0.6) is 0 Å². The number of likely N-dealkylation sites (N-methyl/N-ethyl adjacent to an activating group) is 1.